The summed E-state index contributed by atoms with van der Waals surface area (Å²) in [6.45, 7) is 4.15. The zero-order valence-corrected chi connectivity index (χ0v) is 14.9. The zero-order valence-electron chi connectivity index (χ0n) is 13.4. The van der Waals surface area contributed by atoms with Crippen molar-refractivity contribution in [1.29, 1.82) is 0 Å². The number of likely N-dealkylation sites (tertiary alicyclic amines) is 1. The lowest BCUT2D eigenvalue weighted by Crippen LogP contribution is -2.48. The highest BCUT2D eigenvalue weighted by Gasteiger charge is 2.38. The lowest BCUT2D eigenvalue weighted by atomic mass is 9.92. The van der Waals surface area contributed by atoms with E-state index in [1.807, 2.05) is 18.3 Å². The number of nitrogens with zero attached hydrogens (tertiary/aromatic N) is 4. The summed E-state index contributed by atoms with van der Waals surface area (Å²) in [5.74, 6) is 1.76. The van der Waals surface area contributed by atoms with E-state index in [1.165, 1.54) is 18.4 Å². The number of halogens is 2. The molecule has 0 saturated carbocycles. The normalized spacial score (nSPS) is 24.2. The molecule has 3 heterocycles. The fourth-order valence-corrected chi connectivity index (χ4v) is 4.28. The van der Waals surface area contributed by atoms with Crippen molar-refractivity contribution in [3.8, 4) is 0 Å². The van der Waals surface area contributed by atoms with Gasteiger partial charge >= 0.3 is 0 Å². The van der Waals surface area contributed by atoms with E-state index in [1.54, 1.807) is 12.4 Å². The molecule has 0 N–H and O–H groups in total. The van der Waals surface area contributed by atoms with E-state index in [2.05, 4.69) is 25.8 Å². The second-order valence-corrected chi connectivity index (χ2v) is 7.45. The Balaban J connectivity index is 1.48. The van der Waals surface area contributed by atoms with Crippen LogP contribution in [-0.4, -0.2) is 40.5 Å². The standard InChI is InChI=1S/C18H20Cl2N4/c19-15-2-1-13(9-16(15)20)11-23-7-3-14-4-8-24(12-17(14)23)18-10-21-5-6-22-18/h1-2,5-6,9-10,14,17H,3-4,7-8,11-12H2. The lowest BCUT2D eigenvalue weighted by Gasteiger charge is -2.39. The minimum Gasteiger partial charge on any atom is -0.354 e. The minimum atomic E-state index is 0.565. The number of benzene rings is 1. The third-order valence-corrected chi connectivity index (χ3v) is 5.96. The molecule has 1 aromatic heterocycles. The van der Waals surface area contributed by atoms with E-state index in [4.69, 9.17) is 23.2 Å². The van der Waals surface area contributed by atoms with Gasteiger partial charge in [-0.2, -0.15) is 0 Å². The predicted octanol–water partition coefficient (Wildman–Crippen LogP) is 3.88. The van der Waals surface area contributed by atoms with Gasteiger partial charge < -0.3 is 4.90 Å². The first-order valence-corrected chi connectivity index (χ1v) is 9.15. The fourth-order valence-electron chi connectivity index (χ4n) is 3.96. The molecule has 2 unspecified atom stereocenters. The zero-order chi connectivity index (χ0) is 16.5. The van der Waals surface area contributed by atoms with Gasteiger partial charge in [0, 0.05) is 38.1 Å². The van der Waals surface area contributed by atoms with Crippen molar-refractivity contribution >= 4 is 29.0 Å². The van der Waals surface area contributed by atoms with Crippen LogP contribution in [0.5, 0.6) is 0 Å². The van der Waals surface area contributed by atoms with Crippen molar-refractivity contribution in [3.05, 3.63) is 52.4 Å². The van der Waals surface area contributed by atoms with Crippen LogP contribution < -0.4 is 4.90 Å². The number of hydrogen-bond donors (Lipinski definition) is 0. The Morgan fingerprint density at radius 3 is 2.75 bits per heavy atom. The number of fused-ring (bicyclic) bond motifs is 1. The molecule has 2 saturated heterocycles. The Hall–Kier alpha value is -1.36. The van der Waals surface area contributed by atoms with Crippen LogP contribution in [0.15, 0.2) is 36.8 Å². The first kappa shape index (κ1) is 16.1. The molecule has 0 bridgehead atoms. The van der Waals surface area contributed by atoms with E-state index in [-0.39, 0.29) is 0 Å². The minimum absolute atomic E-state index is 0.565. The molecule has 2 aliphatic rings. The molecule has 2 fully saturated rings. The molecule has 0 radical (unpaired) electrons. The van der Waals surface area contributed by atoms with Crippen LogP contribution in [-0.2, 0) is 6.54 Å². The van der Waals surface area contributed by atoms with E-state index in [9.17, 15) is 0 Å². The summed E-state index contributed by atoms with van der Waals surface area (Å²) in [4.78, 5) is 13.6. The van der Waals surface area contributed by atoms with Crippen molar-refractivity contribution < 1.29 is 0 Å². The van der Waals surface area contributed by atoms with Gasteiger partial charge in [-0.1, -0.05) is 29.3 Å². The Labute approximate surface area is 152 Å². The highest BCUT2D eigenvalue weighted by molar-refractivity contribution is 6.42. The van der Waals surface area contributed by atoms with E-state index < -0.39 is 0 Å². The van der Waals surface area contributed by atoms with Crippen LogP contribution in [0, 0.1) is 5.92 Å². The van der Waals surface area contributed by atoms with Gasteiger partial charge in [0.25, 0.3) is 0 Å². The Morgan fingerprint density at radius 2 is 1.96 bits per heavy atom. The molecule has 126 valence electrons. The average molecular weight is 363 g/mol. The summed E-state index contributed by atoms with van der Waals surface area (Å²) in [6.07, 6.45) is 7.85. The number of aromatic nitrogens is 2. The number of rotatable bonds is 3. The highest BCUT2D eigenvalue weighted by Crippen LogP contribution is 2.34. The van der Waals surface area contributed by atoms with E-state index in [0.29, 0.717) is 16.1 Å². The smallest absolute Gasteiger partial charge is 0.147 e. The molecule has 2 aliphatic heterocycles. The fraction of sp³-hybridized carbons (Fsp3) is 0.444. The molecule has 0 aliphatic carbocycles. The van der Waals surface area contributed by atoms with Crippen molar-refractivity contribution in [2.24, 2.45) is 5.92 Å². The van der Waals surface area contributed by atoms with Gasteiger partial charge in [-0.05, 0) is 43.0 Å². The number of hydrogen-bond acceptors (Lipinski definition) is 4. The van der Waals surface area contributed by atoms with Crippen LogP contribution in [0.1, 0.15) is 18.4 Å². The first-order valence-electron chi connectivity index (χ1n) is 8.39. The molecular formula is C18H20Cl2N4. The first-order chi connectivity index (χ1) is 11.7. The molecule has 1 aromatic carbocycles. The molecule has 0 spiro atoms. The molecule has 0 amide bonds. The summed E-state index contributed by atoms with van der Waals surface area (Å²) in [5, 5.41) is 1.25. The average Bonchev–Trinajstić information content (AvgIpc) is 3.01. The van der Waals surface area contributed by atoms with E-state index >= 15 is 0 Å². The van der Waals surface area contributed by atoms with Gasteiger partial charge in [0.2, 0.25) is 0 Å². The van der Waals surface area contributed by atoms with Gasteiger partial charge in [-0.25, -0.2) is 4.98 Å². The molecule has 2 aromatic rings. The van der Waals surface area contributed by atoms with Crippen molar-refractivity contribution in [1.82, 2.24) is 14.9 Å². The van der Waals surface area contributed by atoms with Gasteiger partial charge in [-0.15, -0.1) is 0 Å². The summed E-state index contributed by atoms with van der Waals surface area (Å²) in [6, 6.07) is 6.51. The van der Waals surface area contributed by atoms with Gasteiger partial charge in [0.15, 0.2) is 0 Å². The van der Waals surface area contributed by atoms with Gasteiger partial charge in [0.05, 0.1) is 16.2 Å². The summed E-state index contributed by atoms with van der Waals surface area (Å²) in [7, 11) is 0. The molecule has 4 nitrogen and oxygen atoms in total. The van der Waals surface area contributed by atoms with Crippen LogP contribution in [0.2, 0.25) is 10.0 Å². The second-order valence-electron chi connectivity index (χ2n) is 6.63. The Morgan fingerprint density at radius 1 is 1.08 bits per heavy atom. The van der Waals surface area contributed by atoms with Crippen LogP contribution in [0.4, 0.5) is 5.82 Å². The second kappa shape index (κ2) is 6.87. The highest BCUT2D eigenvalue weighted by atomic mass is 35.5. The molecule has 2 atom stereocenters. The summed E-state index contributed by atoms with van der Waals surface area (Å²) < 4.78 is 0. The third-order valence-electron chi connectivity index (χ3n) is 5.22. The number of piperidine rings is 1. The lowest BCUT2D eigenvalue weighted by molar-refractivity contribution is 0.200. The Kier molecular flexibility index (Phi) is 4.61. The largest absolute Gasteiger partial charge is 0.354 e. The van der Waals surface area contributed by atoms with Crippen molar-refractivity contribution in [3.63, 3.8) is 0 Å². The van der Waals surface area contributed by atoms with Crippen LogP contribution >= 0.6 is 23.2 Å². The monoisotopic (exact) mass is 362 g/mol. The maximum absolute atomic E-state index is 6.17. The number of anilines is 1. The third kappa shape index (κ3) is 3.23. The van der Waals surface area contributed by atoms with Crippen LogP contribution in [0.3, 0.4) is 0 Å². The quantitative estimate of drug-likeness (QED) is 0.828. The molecule has 24 heavy (non-hydrogen) atoms. The molecule has 6 heteroatoms. The summed E-state index contributed by atoms with van der Waals surface area (Å²) in [5.41, 5.74) is 1.22. The van der Waals surface area contributed by atoms with Crippen LogP contribution in [0.25, 0.3) is 0 Å². The van der Waals surface area contributed by atoms with Crippen molar-refractivity contribution in [2.75, 3.05) is 24.5 Å². The predicted molar refractivity (Wildman–Crippen MR) is 97.6 cm³/mol. The maximum Gasteiger partial charge on any atom is 0.147 e. The Bertz CT molecular complexity index is 709. The van der Waals surface area contributed by atoms with Crippen molar-refractivity contribution in [2.45, 2.75) is 25.4 Å². The van der Waals surface area contributed by atoms with Gasteiger partial charge in [0.1, 0.15) is 5.82 Å². The maximum atomic E-state index is 6.17. The SMILES string of the molecule is Clc1ccc(CN2CCC3CCN(c4cnccn4)CC32)cc1Cl. The van der Waals surface area contributed by atoms with E-state index in [0.717, 1.165) is 37.9 Å². The topological polar surface area (TPSA) is 32.3 Å². The van der Waals surface area contributed by atoms with Gasteiger partial charge in [-0.3, -0.25) is 9.88 Å². The molecular weight excluding hydrogens is 343 g/mol. The molecule has 4 rings (SSSR count). The summed E-state index contributed by atoms with van der Waals surface area (Å²) >= 11 is 12.2.